The van der Waals surface area contributed by atoms with E-state index in [1.165, 1.54) is 23.1 Å². The molecule has 2 N–H and O–H groups in total. The SMILES string of the molecule is CC1CCC(C(=O)O)CN1C(=O)c1cc(=O)[nH]c2ccc(F)cc12. The van der Waals surface area contributed by atoms with Crippen LogP contribution < -0.4 is 5.56 Å². The van der Waals surface area contributed by atoms with Crippen molar-refractivity contribution in [3.63, 3.8) is 0 Å². The topological polar surface area (TPSA) is 90.5 Å². The minimum absolute atomic E-state index is 0.0823. The van der Waals surface area contributed by atoms with Gasteiger partial charge in [-0.1, -0.05) is 0 Å². The van der Waals surface area contributed by atoms with Crippen LogP contribution in [-0.4, -0.2) is 39.5 Å². The van der Waals surface area contributed by atoms with Gasteiger partial charge in [0.15, 0.2) is 0 Å². The number of piperidine rings is 1. The van der Waals surface area contributed by atoms with Crippen LogP contribution in [0.2, 0.25) is 0 Å². The summed E-state index contributed by atoms with van der Waals surface area (Å²) in [7, 11) is 0. The quantitative estimate of drug-likeness (QED) is 0.880. The van der Waals surface area contributed by atoms with Gasteiger partial charge in [-0.2, -0.15) is 0 Å². The maximum absolute atomic E-state index is 13.6. The zero-order valence-electron chi connectivity index (χ0n) is 13.1. The van der Waals surface area contributed by atoms with Crippen molar-refractivity contribution in [3.8, 4) is 0 Å². The molecule has 1 saturated heterocycles. The van der Waals surface area contributed by atoms with E-state index in [1.54, 1.807) is 0 Å². The van der Waals surface area contributed by atoms with Gasteiger partial charge < -0.3 is 15.0 Å². The van der Waals surface area contributed by atoms with Crippen LogP contribution in [0.15, 0.2) is 29.1 Å². The summed E-state index contributed by atoms with van der Waals surface area (Å²) in [5.74, 6) is -2.54. The number of hydrogen-bond donors (Lipinski definition) is 2. The molecule has 1 aromatic carbocycles. The number of benzene rings is 1. The maximum Gasteiger partial charge on any atom is 0.308 e. The number of amides is 1. The highest BCUT2D eigenvalue weighted by Crippen LogP contribution is 2.26. The lowest BCUT2D eigenvalue weighted by molar-refractivity contribution is -0.143. The number of likely N-dealkylation sites (tertiary alicyclic amines) is 1. The number of halogens is 1. The number of H-pyrrole nitrogens is 1. The highest BCUT2D eigenvalue weighted by atomic mass is 19.1. The summed E-state index contributed by atoms with van der Waals surface area (Å²) in [6.07, 6.45) is 1.07. The highest BCUT2D eigenvalue weighted by Gasteiger charge is 2.33. The van der Waals surface area contributed by atoms with Gasteiger partial charge >= 0.3 is 5.97 Å². The van der Waals surface area contributed by atoms with E-state index in [-0.39, 0.29) is 18.2 Å². The summed E-state index contributed by atoms with van der Waals surface area (Å²) >= 11 is 0. The van der Waals surface area contributed by atoms with Crippen molar-refractivity contribution < 1.29 is 19.1 Å². The molecule has 2 atom stereocenters. The first kappa shape index (κ1) is 16.2. The van der Waals surface area contributed by atoms with E-state index in [0.717, 1.165) is 6.07 Å². The summed E-state index contributed by atoms with van der Waals surface area (Å²) in [5.41, 5.74) is -0.00487. The zero-order valence-corrected chi connectivity index (χ0v) is 13.1. The summed E-state index contributed by atoms with van der Waals surface area (Å²) < 4.78 is 13.6. The Morgan fingerprint density at radius 3 is 2.75 bits per heavy atom. The van der Waals surface area contributed by atoms with Gasteiger partial charge in [0, 0.05) is 29.6 Å². The average Bonchev–Trinajstić information content (AvgIpc) is 2.54. The summed E-state index contributed by atoms with van der Waals surface area (Å²) in [6, 6.07) is 4.80. The molecule has 6 nitrogen and oxygen atoms in total. The van der Waals surface area contributed by atoms with Gasteiger partial charge in [0.2, 0.25) is 5.56 Å². The first-order chi connectivity index (χ1) is 11.4. The van der Waals surface area contributed by atoms with Crippen LogP contribution in [0.1, 0.15) is 30.1 Å². The Morgan fingerprint density at radius 2 is 2.04 bits per heavy atom. The molecule has 24 heavy (non-hydrogen) atoms. The van der Waals surface area contributed by atoms with Crippen molar-refractivity contribution in [2.75, 3.05) is 6.54 Å². The van der Waals surface area contributed by atoms with Gasteiger partial charge in [-0.15, -0.1) is 0 Å². The Kier molecular flexibility index (Phi) is 4.09. The van der Waals surface area contributed by atoms with Gasteiger partial charge in [0.25, 0.3) is 5.91 Å². The fraction of sp³-hybridized carbons (Fsp3) is 0.353. The predicted octanol–water partition coefficient (Wildman–Crippen LogP) is 1.99. The van der Waals surface area contributed by atoms with Gasteiger partial charge in [-0.3, -0.25) is 14.4 Å². The Balaban J connectivity index is 2.06. The van der Waals surface area contributed by atoms with Crippen LogP contribution in [0.3, 0.4) is 0 Å². The number of aromatic nitrogens is 1. The Labute approximate surface area is 136 Å². The predicted molar refractivity (Wildman–Crippen MR) is 85.4 cm³/mol. The van der Waals surface area contributed by atoms with Crippen molar-refractivity contribution >= 4 is 22.8 Å². The van der Waals surface area contributed by atoms with E-state index in [0.29, 0.717) is 23.7 Å². The van der Waals surface area contributed by atoms with Crippen LogP contribution in [0.5, 0.6) is 0 Å². The Hall–Kier alpha value is -2.70. The number of carboxylic acid groups (broad SMARTS) is 1. The lowest BCUT2D eigenvalue weighted by Crippen LogP contribution is -2.47. The second kappa shape index (κ2) is 6.07. The molecule has 0 spiro atoms. The number of hydrogen-bond acceptors (Lipinski definition) is 3. The number of aromatic amines is 1. The second-order valence-corrected chi connectivity index (χ2v) is 6.16. The number of nitrogens with one attached hydrogen (secondary N) is 1. The summed E-state index contributed by atoms with van der Waals surface area (Å²) in [5, 5.41) is 9.51. The first-order valence-corrected chi connectivity index (χ1v) is 7.73. The van der Waals surface area contributed by atoms with Gasteiger partial charge in [0.1, 0.15) is 5.82 Å². The van der Waals surface area contributed by atoms with E-state index >= 15 is 0 Å². The molecule has 1 aliphatic rings. The Bertz CT molecular complexity index is 877. The first-order valence-electron chi connectivity index (χ1n) is 7.73. The molecule has 2 aromatic rings. The normalized spacial score (nSPS) is 21.0. The number of nitrogens with zero attached hydrogens (tertiary/aromatic N) is 1. The average molecular weight is 332 g/mol. The third-order valence-corrected chi connectivity index (χ3v) is 4.53. The molecule has 7 heteroatoms. The van der Waals surface area contributed by atoms with Crippen molar-refractivity contribution in [1.29, 1.82) is 0 Å². The summed E-state index contributed by atoms with van der Waals surface area (Å²) in [6.45, 7) is 1.92. The van der Waals surface area contributed by atoms with Crippen molar-refractivity contribution in [1.82, 2.24) is 9.88 Å². The third-order valence-electron chi connectivity index (χ3n) is 4.53. The van der Waals surface area contributed by atoms with E-state index in [1.807, 2.05) is 6.92 Å². The van der Waals surface area contributed by atoms with Crippen LogP contribution in [0.25, 0.3) is 10.9 Å². The molecule has 0 aliphatic carbocycles. The fourth-order valence-electron chi connectivity index (χ4n) is 3.15. The van der Waals surface area contributed by atoms with E-state index < -0.39 is 29.2 Å². The summed E-state index contributed by atoms with van der Waals surface area (Å²) in [4.78, 5) is 40.0. The van der Waals surface area contributed by atoms with E-state index in [4.69, 9.17) is 0 Å². The molecule has 0 bridgehead atoms. The second-order valence-electron chi connectivity index (χ2n) is 6.16. The van der Waals surface area contributed by atoms with Crippen LogP contribution in [-0.2, 0) is 4.79 Å². The highest BCUT2D eigenvalue weighted by molar-refractivity contribution is 6.06. The number of rotatable bonds is 2. The molecule has 2 unspecified atom stereocenters. The lowest BCUT2D eigenvalue weighted by atomic mass is 9.92. The molecule has 2 heterocycles. The molecule has 126 valence electrons. The van der Waals surface area contributed by atoms with Crippen LogP contribution >= 0.6 is 0 Å². The molecule has 1 aromatic heterocycles. The molecule has 0 saturated carbocycles. The van der Waals surface area contributed by atoms with Crippen molar-refractivity contribution in [2.24, 2.45) is 5.92 Å². The van der Waals surface area contributed by atoms with Gasteiger partial charge in [-0.05, 0) is 38.0 Å². The van der Waals surface area contributed by atoms with E-state index in [2.05, 4.69) is 4.98 Å². The fourth-order valence-corrected chi connectivity index (χ4v) is 3.15. The zero-order chi connectivity index (χ0) is 17.4. The molecule has 1 amide bonds. The minimum atomic E-state index is -0.943. The molecule has 1 aliphatic heterocycles. The number of pyridine rings is 1. The van der Waals surface area contributed by atoms with E-state index in [9.17, 15) is 23.9 Å². The minimum Gasteiger partial charge on any atom is -0.481 e. The third kappa shape index (κ3) is 2.89. The maximum atomic E-state index is 13.6. The Morgan fingerprint density at radius 1 is 1.29 bits per heavy atom. The van der Waals surface area contributed by atoms with Crippen LogP contribution in [0.4, 0.5) is 4.39 Å². The molecule has 1 fully saturated rings. The van der Waals surface area contributed by atoms with Gasteiger partial charge in [0.05, 0.1) is 11.5 Å². The van der Waals surface area contributed by atoms with Gasteiger partial charge in [-0.25, -0.2) is 4.39 Å². The molecule has 0 radical (unpaired) electrons. The van der Waals surface area contributed by atoms with Crippen molar-refractivity contribution in [2.45, 2.75) is 25.8 Å². The largest absolute Gasteiger partial charge is 0.481 e. The monoisotopic (exact) mass is 332 g/mol. The molecular formula is C17H17FN2O4. The van der Waals surface area contributed by atoms with Crippen LogP contribution in [0, 0.1) is 11.7 Å². The lowest BCUT2D eigenvalue weighted by Gasteiger charge is -2.36. The standard InChI is InChI=1S/C17H17FN2O4/c1-9-2-3-10(17(23)24)8-20(9)16(22)13-7-15(21)19-14-5-4-11(18)6-12(13)14/h4-7,9-10H,2-3,8H2,1H3,(H,19,21)(H,23,24). The molecule has 3 rings (SSSR count). The molecular weight excluding hydrogens is 315 g/mol. The smallest absolute Gasteiger partial charge is 0.308 e. The van der Waals surface area contributed by atoms with Crippen molar-refractivity contribution in [3.05, 3.63) is 46.0 Å². The number of aliphatic carboxylic acids is 1. The number of fused-ring (bicyclic) bond motifs is 1. The number of carbonyl (C=O) groups excluding carboxylic acids is 1. The number of carboxylic acids is 1. The number of carbonyl (C=O) groups is 2.